The highest BCUT2D eigenvalue weighted by Gasteiger charge is 2.08. The van der Waals surface area contributed by atoms with Crippen LogP contribution in [0.25, 0.3) is 0 Å². The molecule has 3 nitrogen and oxygen atoms in total. The van der Waals surface area contributed by atoms with Crippen LogP contribution in [0.5, 0.6) is 5.75 Å². The van der Waals surface area contributed by atoms with Crippen molar-refractivity contribution in [3.05, 3.63) is 53.6 Å². The fourth-order valence-electron chi connectivity index (χ4n) is 2.19. The largest absolute Gasteiger partial charge is 0.497 e. The number of anilines is 2. The fourth-order valence-corrected chi connectivity index (χ4v) is 2.19. The van der Waals surface area contributed by atoms with E-state index in [4.69, 9.17) is 10.5 Å². The van der Waals surface area contributed by atoms with Crippen LogP contribution >= 0.6 is 0 Å². The maximum absolute atomic E-state index is 6.07. The van der Waals surface area contributed by atoms with Crippen LogP contribution in [-0.4, -0.2) is 13.7 Å². The van der Waals surface area contributed by atoms with E-state index in [1.807, 2.05) is 18.2 Å². The Labute approximate surface area is 121 Å². The number of nitrogens with zero attached hydrogens (tertiary/aromatic N) is 1. The third-order valence-electron chi connectivity index (χ3n) is 3.49. The van der Waals surface area contributed by atoms with E-state index in [-0.39, 0.29) is 0 Å². The van der Waals surface area contributed by atoms with Crippen LogP contribution in [0.1, 0.15) is 18.1 Å². The van der Waals surface area contributed by atoms with Crippen molar-refractivity contribution in [1.82, 2.24) is 0 Å². The van der Waals surface area contributed by atoms with Gasteiger partial charge in [-0.15, -0.1) is 0 Å². The molecule has 0 radical (unpaired) electrons. The Bertz CT molecular complexity index is 564. The van der Waals surface area contributed by atoms with Crippen LogP contribution in [0.15, 0.2) is 42.5 Å². The molecule has 0 heterocycles. The monoisotopic (exact) mass is 270 g/mol. The molecule has 20 heavy (non-hydrogen) atoms. The summed E-state index contributed by atoms with van der Waals surface area (Å²) in [5, 5.41) is 0. The maximum atomic E-state index is 6.07. The highest BCUT2D eigenvalue weighted by molar-refractivity contribution is 5.54. The van der Waals surface area contributed by atoms with E-state index in [2.05, 4.69) is 43.0 Å². The molecule has 0 saturated carbocycles. The Hall–Kier alpha value is -2.16. The van der Waals surface area contributed by atoms with Crippen LogP contribution in [0, 0.1) is 6.92 Å². The Balaban J connectivity index is 2.23. The summed E-state index contributed by atoms with van der Waals surface area (Å²) >= 11 is 0. The molecule has 2 aromatic carbocycles. The smallest absolute Gasteiger partial charge is 0.119 e. The number of nitrogen functional groups attached to an aromatic ring is 1. The highest BCUT2D eigenvalue weighted by Crippen LogP contribution is 2.24. The van der Waals surface area contributed by atoms with Gasteiger partial charge in [0.25, 0.3) is 0 Å². The minimum absolute atomic E-state index is 0.780. The lowest BCUT2D eigenvalue weighted by atomic mass is 10.1. The summed E-state index contributed by atoms with van der Waals surface area (Å²) in [4.78, 5) is 2.30. The minimum atomic E-state index is 0.780. The van der Waals surface area contributed by atoms with Crippen molar-refractivity contribution < 1.29 is 4.74 Å². The summed E-state index contributed by atoms with van der Waals surface area (Å²) in [5.41, 5.74) is 10.4. The van der Waals surface area contributed by atoms with Gasteiger partial charge in [-0.25, -0.2) is 0 Å². The van der Waals surface area contributed by atoms with Crippen molar-refractivity contribution in [2.45, 2.75) is 20.4 Å². The molecule has 2 rings (SSSR count). The Morgan fingerprint density at radius 2 is 1.80 bits per heavy atom. The molecule has 2 aromatic rings. The number of hydrogen-bond acceptors (Lipinski definition) is 3. The average Bonchev–Trinajstić information content (AvgIpc) is 2.47. The van der Waals surface area contributed by atoms with Gasteiger partial charge in [0.15, 0.2) is 0 Å². The summed E-state index contributed by atoms with van der Waals surface area (Å²) in [7, 11) is 1.67. The normalized spacial score (nSPS) is 10.3. The number of aryl methyl sites for hydroxylation is 1. The summed E-state index contributed by atoms with van der Waals surface area (Å²) in [6, 6.07) is 14.4. The van der Waals surface area contributed by atoms with E-state index in [0.29, 0.717) is 0 Å². The van der Waals surface area contributed by atoms with Crippen LogP contribution in [0.4, 0.5) is 11.4 Å². The quantitative estimate of drug-likeness (QED) is 0.843. The standard InChI is InChI=1S/C17H22N2O/c1-4-19(15-7-5-13(2)6-8-15)12-14-11-16(20-3)9-10-17(14)18/h5-11H,4,12,18H2,1-3H3. The molecule has 0 saturated heterocycles. The molecular weight excluding hydrogens is 248 g/mol. The molecule has 0 amide bonds. The first-order chi connectivity index (χ1) is 9.63. The Kier molecular flexibility index (Phi) is 4.51. The lowest BCUT2D eigenvalue weighted by Gasteiger charge is -2.24. The molecule has 0 aromatic heterocycles. The second-order valence-corrected chi connectivity index (χ2v) is 4.91. The summed E-state index contributed by atoms with van der Waals surface area (Å²) in [5.74, 6) is 0.842. The molecule has 0 bridgehead atoms. The number of nitrogens with two attached hydrogens (primary N) is 1. The molecule has 3 heteroatoms. The summed E-state index contributed by atoms with van der Waals surface area (Å²) in [6.45, 7) is 5.96. The van der Waals surface area contributed by atoms with E-state index < -0.39 is 0 Å². The number of methoxy groups -OCH3 is 1. The van der Waals surface area contributed by atoms with Crippen LogP contribution in [0.2, 0.25) is 0 Å². The fraction of sp³-hybridized carbons (Fsp3) is 0.294. The van der Waals surface area contributed by atoms with Gasteiger partial charge < -0.3 is 15.4 Å². The van der Waals surface area contributed by atoms with Crippen molar-refractivity contribution in [2.24, 2.45) is 0 Å². The van der Waals surface area contributed by atoms with Crippen molar-refractivity contribution >= 4 is 11.4 Å². The van der Waals surface area contributed by atoms with Crippen molar-refractivity contribution in [3.8, 4) is 5.75 Å². The second kappa shape index (κ2) is 6.33. The van der Waals surface area contributed by atoms with E-state index in [0.717, 1.165) is 30.1 Å². The molecule has 0 fully saturated rings. The predicted molar refractivity (Wildman–Crippen MR) is 85.3 cm³/mol. The molecule has 2 N–H and O–H groups in total. The van der Waals surface area contributed by atoms with Gasteiger partial charge in [-0.1, -0.05) is 17.7 Å². The van der Waals surface area contributed by atoms with E-state index in [1.54, 1.807) is 7.11 Å². The predicted octanol–water partition coefficient (Wildman–Crippen LogP) is 3.61. The summed E-state index contributed by atoms with van der Waals surface area (Å²) < 4.78 is 5.27. The van der Waals surface area contributed by atoms with Gasteiger partial charge in [0.2, 0.25) is 0 Å². The minimum Gasteiger partial charge on any atom is -0.497 e. The second-order valence-electron chi connectivity index (χ2n) is 4.91. The third kappa shape index (κ3) is 3.23. The van der Waals surface area contributed by atoms with Gasteiger partial charge in [0, 0.05) is 24.5 Å². The molecule has 0 aliphatic heterocycles. The van der Waals surface area contributed by atoms with Gasteiger partial charge >= 0.3 is 0 Å². The molecule has 0 aliphatic rings. The topological polar surface area (TPSA) is 38.5 Å². The number of hydrogen-bond donors (Lipinski definition) is 1. The van der Waals surface area contributed by atoms with Gasteiger partial charge in [-0.05, 0) is 49.7 Å². The van der Waals surface area contributed by atoms with E-state index in [1.165, 1.54) is 11.3 Å². The molecule has 0 atom stereocenters. The highest BCUT2D eigenvalue weighted by atomic mass is 16.5. The molecule has 0 unspecified atom stereocenters. The van der Waals surface area contributed by atoms with Crippen LogP contribution in [0.3, 0.4) is 0 Å². The Morgan fingerprint density at radius 1 is 1.10 bits per heavy atom. The van der Waals surface area contributed by atoms with Gasteiger partial charge in [-0.3, -0.25) is 0 Å². The lowest BCUT2D eigenvalue weighted by molar-refractivity contribution is 0.414. The molecule has 0 spiro atoms. The first kappa shape index (κ1) is 14.3. The van der Waals surface area contributed by atoms with Crippen LogP contribution in [-0.2, 0) is 6.54 Å². The zero-order valence-electron chi connectivity index (χ0n) is 12.4. The SMILES string of the molecule is CCN(Cc1cc(OC)ccc1N)c1ccc(C)cc1. The van der Waals surface area contributed by atoms with Gasteiger partial charge in [0.05, 0.1) is 7.11 Å². The number of ether oxygens (including phenoxy) is 1. The van der Waals surface area contributed by atoms with Crippen LogP contribution < -0.4 is 15.4 Å². The van der Waals surface area contributed by atoms with E-state index in [9.17, 15) is 0 Å². The van der Waals surface area contributed by atoms with Gasteiger partial charge in [-0.2, -0.15) is 0 Å². The van der Waals surface area contributed by atoms with Crippen molar-refractivity contribution in [1.29, 1.82) is 0 Å². The molecular formula is C17H22N2O. The molecule has 106 valence electrons. The van der Waals surface area contributed by atoms with Gasteiger partial charge in [0.1, 0.15) is 5.75 Å². The Morgan fingerprint density at radius 3 is 2.40 bits per heavy atom. The first-order valence-electron chi connectivity index (χ1n) is 6.88. The summed E-state index contributed by atoms with van der Waals surface area (Å²) in [6.07, 6.45) is 0. The zero-order valence-corrected chi connectivity index (χ0v) is 12.4. The number of benzene rings is 2. The third-order valence-corrected chi connectivity index (χ3v) is 3.49. The number of rotatable bonds is 5. The van der Waals surface area contributed by atoms with Crippen molar-refractivity contribution in [3.63, 3.8) is 0 Å². The average molecular weight is 270 g/mol. The molecule has 0 aliphatic carbocycles. The first-order valence-corrected chi connectivity index (χ1v) is 6.88. The van der Waals surface area contributed by atoms with Crippen molar-refractivity contribution in [2.75, 3.05) is 24.3 Å². The lowest BCUT2D eigenvalue weighted by Crippen LogP contribution is -2.22. The maximum Gasteiger partial charge on any atom is 0.119 e. The van der Waals surface area contributed by atoms with E-state index >= 15 is 0 Å². The zero-order chi connectivity index (χ0) is 14.5.